The molecule has 2 heterocycles. The minimum absolute atomic E-state index is 0.223. The van der Waals surface area contributed by atoms with Gasteiger partial charge in [-0.2, -0.15) is 0 Å². The van der Waals surface area contributed by atoms with E-state index in [0.717, 1.165) is 10.9 Å². The molecule has 1 aliphatic heterocycles. The molecule has 0 atom stereocenters. The number of carbonyl (C=O) groups excluding carboxylic acids is 1. The highest BCUT2D eigenvalue weighted by Gasteiger charge is 2.34. The minimum Gasteiger partial charge on any atom is -0.444 e. The van der Waals surface area contributed by atoms with Gasteiger partial charge in [0, 0.05) is 30.2 Å². The van der Waals surface area contributed by atoms with Crippen molar-refractivity contribution in [1.82, 2.24) is 9.47 Å². The molecule has 1 aromatic carbocycles. The van der Waals surface area contributed by atoms with Crippen LogP contribution in [0.3, 0.4) is 0 Å². The molecule has 3 rings (SSSR count). The van der Waals surface area contributed by atoms with E-state index in [1.54, 1.807) is 11.0 Å². The molecule has 0 bridgehead atoms. The highest BCUT2D eigenvalue weighted by atomic mass is 19.1. The molecule has 112 valence electrons. The Hall–Kier alpha value is -2.04. The first-order chi connectivity index (χ1) is 9.83. The van der Waals surface area contributed by atoms with E-state index in [0.29, 0.717) is 13.1 Å². The highest BCUT2D eigenvalue weighted by Crippen LogP contribution is 2.28. The Bertz CT molecular complexity index is 681. The lowest BCUT2D eigenvalue weighted by Gasteiger charge is -2.40. The van der Waals surface area contributed by atoms with Gasteiger partial charge < -0.3 is 14.2 Å². The van der Waals surface area contributed by atoms with Crippen LogP contribution in [0.5, 0.6) is 0 Å². The largest absolute Gasteiger partial charge is 0.444 e. The van der Waals surface area contributed by atoms with Crippen LogP contribution >= 0.6 is 0 Å². The summed E-state index contributed by atoms with van der Waals surface area (Å²) < 4.78 is 20.6. The number of aromatic nitrogens is 1. The predicted octanol–water partition coefficient (Wildman–Crippen LogP) is 3.57. The van der Waals surface area contributed by atoms with E-state index in [1.807, 2.05) is 33.0 Å². The van der Waals surface area contributed by atoms with Crippen LogP contribution in [0, 0.1) is 5.82 Å². The van der Waals surface area contributed by atoms with Gasteiger partial charge in [-0.1, -0.05) is 0 Å². The number of fused-ring (bicyclic) bond motifs is 1. The summed E-state index contributed by atoms with van der Waals surface area (Å²) in [6, 6.07) is 6.88. The van der Waals surface area contributed by atoms with Gasteiger partial charge in [0.1, 0.15) is 11.4 Å². The first kappa shape index (κ1) is 13.9. The SMILES string of the molecule is CC(C)(C)OC(=O)N1CC(n2ccc3cc(F)ccc32)C1. The molecule has 0 spiro atoms. The maximum absolute atomic E-state index is 13.2. The Morgan fingerprint density at radius 1 is 1.29 bits per heavy atom. The number of ether oxygens (including phenoxy) is 1. The van der Waals surface area contributed by atoms with Gasteiger partial charge in [0.15, 0.2) is 0 Å². The summed E-state index contributed by atoms with van der Waals surface area (Å²) in [4.78, 5) is 13.6. The summed E-state index contributed by atoms with van der Waals surface area (Å²) in [5.74, 6) is -0.232. The van der Waals surface area contributed by atoms with Crippen molar-refractivity contribution >= 4 is 17.0 Å². The Morgan fingerprint density at radius 2 is 2.00 bits per heavy atom. The van der Waals surface area contributed by atoms with Crippen LogP contribution in [-0.4, -0.2) is 34.3 Å². The van der Waals surface area contributed by atoms with E-state index in [2.05, 4.69) is 4.57 Å². The van der Waals surface area contributed by atoms with Gasteiger partial charge in [0.2, 0.25) is 0 Å². The predicted molar refractivity (Wildman–Crippen MR) is 78.7 cm³/mol. The normalized spacial score (nSPS) is 16.1. The van der Waals surface area contributed by atoms with E-state index in [1.165, 1.54) is 12.1 Å². The standard InChI is InChI=1S/C16H19FN2O2/c1-16(2,3)21-15(20)18-9-13(10-18)19-7-6-11-8-12(17)4-5-14(11)19/h4-8,13H,9-10H2,1-3H3. The summed E-state index contributed by atoms with van der Waals surface area (Å²) in [5.41, 5.74) is 0.519. The number of halogens is 1. The third kappa shape index (κ3) is 2.73. The minimum atomic E-state index is -0.472. The quantitative estimate of drug-likeness (QED) is 0.804. The second-order valence-corrected chi connectivity index (χ2v) is 6.47. The number of hydrogen-bond donors (Lipinski definition) is 0. The summed E-state index contributed by atoms with van der Waals surface area (Å²) in [6.45, 7) is 6.81. The molecule has 0 N–H and O–H groups in total. The summed E-state index contributed by atoms with van der Waals surface area (Å²) in [7, 11) is 0. The summed E-state index contributed by atoms with van der Waals surface area (Å²) in [5, 5.41) is 0.880. The first-order valence-electron chi connectivity index (χ1n) is 7.07. The summed E-state index contributed by atoms with van der Waals surface area (Å²) in [6.07, 6.45) is 1.67. The molecule has 21 heavy (non-hydrogen) atoms. The Kier molecular flexibility index (Phi) is 3.15. The number of rotatable bonds is 1. The number of benzene rings is 1. The fraction of sp³-hybridized carbons (Fsp3) is 0.438. The monoisotopic (exact) mass is 290 g/mol. The highest BCUT2D eigenvalue weighted by molar-refractivity contribution is 5.80. The topological polar surface area (TPSA) is 34.5 Å². The smallest absolute Gasteiger partial charge is 0.410 e. The molecule has 4 nitrogen and oxygen atoms in total. The Labute approximate surface area is 123 Å². The van der Waals surface area contributed by atoms with Gasteiger partial charge in [0.25, 0.3) is 0 Å². The van der Waals surface area contributed by atoms with Crippen molar-refractivity contribution in [2.75, 3.05) is 13.1 Å². The van der Waals surface area contributed by atoms with Crippen LogP contribution < -0.4 is 0 Å². The zero-order chi connectivity index (χ0) is 15.2. The molecule has 1 aromatic heterocycles. The van der Waals surface area contributed by atoms with Gasteiger partial charge in [-0.15, -0.1) is 0 Å². The molecule has 0 radical (unpaired) electrons. The van der Waals surface area contributed by atoms with Gasteiger partial charge >= 0.3 is 6.09 Å². The van der Waals surface area contributed by atoms with E-state index in [9.17, 15) is 9.18 Å². The number of carbonyl (C=O) groups is 1. The molecule has 0 unspecified atom stereocenters. The summed E-state index contributed by atoms with van der Waals surface area (Å²) >= 11 is 0. The van der Waals surface area contributed by atoms with Crippen molar-refractivity contribution in [3.8, 4) is 0 Å². The van der Waals surface area contributed by atoms with E-state index in [-0.39, 0.29) is 18.0 Å². The van der Waals surface area contributed by atoms with E-state index in [4.69, 9.17) is 4.74 Å². The van der Waals surface area contributed by atoms with Crippen molar-refractivity contribution in [1.29, 1.82) is 0 Å². The lowest BCUT2D eigenvalue weighted by Crippen LogP contribution is -2.52. The lowest BCUT2D eigenvalue weighted by molar-refractivity contribution is 0.00158. The van der Waals surface area contributed by atoms with Crippen LogP contribution in [-0.2, 0) is 4.74 Å². The molecule has 0 saturated carbocycles. The number of hydrogen-bond acceptors (Lipinski definition) is 2. The van der Waals surface area contributed by atoms with E-state index < -0.39 is 5.60 Å². The van der Waals surface area contributed by atoms with Gasteiger partial charge in [-0.25, -0.2) is 9.18 Å². The van der Waals surface area contributed by atoms with E-state index >= 15 is 0 Å². The Balaban J connectivity index is 1.69. The number of likely N-dealkylation sites (tertiary alicyclic amines) is 1. The van der Waals surface area contributed by atoms with Crippen molar-refractivity contribution in [3.05, 3.63) is 36.3 Å². The zero-order valence-electron chi connectivity index (χ0n) is 12.5. The second kappa shape index (κ2) is 4.76. The molecule has 1 amide bonds. The van der Waals surface area contributed by atoms with Gasteiger partial charge in [0.05, 0.1) is 6.04 Å². The van der Waals surface area contributed by atoms with Gasteiger partial charge in [-0.3, -0.25) is 0 Å². The molecule has 2 aromatic rings. The molecular weight excluding hydrogens is 271 g/mol. The maximum Gasteiger partial charge on any atom is 0.410 e. The van der Waals surface area contributed by atoms with Crippen LogP contribution in [0.15, 0.2) is 30.5 Å². The lowest BCUT2D eigenvalue weighted by atomic mass is 10.1. The zero-order valence-corrected chi connectivity index (χ0v) is 12.5. The van der Waals surface area contributed by atoms with Crippen molar-refractivity contribution in [2.24, 2.45) is 0 Å². The molecule has 0 aliphatic carbocycles. The van der Waals surface area contributed by atoms with Crippen LogP contribution in [0.25, 0.3) is 10.9 Å². The number of nitrogens with zero attached hydrogens (tertiary/aromatic N) is 2. The molecule has 1 fully saturated rings. The third-order valence-electron chi connectivity index (χ3n) is 3.59. The molecular formula is C16H19FN2O2. The van der Waals surface area contributed by atoms with Crippen molar-refractivity contribution in [2.45, 2.75) is 32.4 Å². The fourth-order valence-electron chi connectivity index (χ4n) is 2.56. The molecule has 1 aliphatic rings. The fourth-order valence-corrected chi connectivity index (χ4v) is 2.56. The van der Waals surface area contributed by atoms with Crippen LogP contribution in [0.2, 0.25) is 0 Å². The van der Waals surface area contributed by atoms with Crippen LogP contribution in [0.1, 0.15) is 26.8 Å². The molecule has 5 heteroatoms. The average Bonchev–Trinajstić information content (AvgIpc) is 2.67. The van der Waals surface area contributed by atoms with Gasteiger partial charge in [-0.05, 0) is 45.0 Å². The second-order valence-electron chi connectivity index (χ2n) is 6.47. The Morgan fingerprint density at radius 3 is 2.67 bits per heavy atom. The first-order valence-corrected chi connectivity index (χ1v) is 7.07. The molecule has 1 saturated heterocycles. The number of amides is 1. The van der Waals surface area contributed by atoms with Crippen LogP contribution in [0.4, 0.5) is 9.18 Å². The van der Waals surface area contributed by atoms with Crippen molar-refractivity contribution < 1.29 is 13.9 Å². The van der Waals surface area contributed by atoms with Crippen molar-refractivity contribution in [3.63, 3.8) is 0 Å². The average molecular weight is 290 g/mol. The maximum atomic E-state index is 13.2. The third-order valence-corrected chi connectivity index (χ3v) is 3.59.